The lowest BCUT2D eigenvalue weighted by Gasteiger charge is -2.23. The van der Waals surface area contributed by atoms with E-state index in [0.29, 0.717) is 0 Å². The van der Waals surface area contributed by atoms with E-state index in [1.165, 1.54) is 24.6 Å². The van der Waals surface area contributed by atoms with Gasteiger partial charge in [-0.3, -0.25) is 9.59 Å². The van der Waals surface area contributed by atoms with Crippen LogP contribution in [0.15, 0.2) is 18.2 Å². The molecule has 0 bridgehead atoms. The lowest BCUT2D eigenvalue weighted by molar-refractivity contribution is -0.119. The van der Waals surface area contributed by atoms with Crippen molar-refractivity contribution in [3.8, 4) is 0 Å². The van der Waals surface area contributed by atoms with E-state index in [-0.39, 0.29) is 34.0 Å². The molecule has 1 saturated carbocycles. The molecule has 1 aliphatic carbocycles. The van der Waals surface area contributed by atoms with Gasteiger partial charge in [-0.25, -0.2) is 12.7 Å². The predicted octanol–water partition coefficient (Wildman–Crippen LogP) is 2.72. The molecule has 25 heavy (non-hydrogen) atoms. The van der Waals surface area contributed by atoms with Crippen LogP contribution in [0.1, 0.15) is 49.4 Å². The van der Waals surface area contributed by atoms with Gasteiger partial charge in [0, 0.05) is 6.04 Å². The van der Waals surface area contributed by atoms with Gasteiger partial charge < -0.3 is 5.32 Å². The smallest absolute Gasteiger partial charge is 0.253 e. The molecule has 136 valence electrons. The summed E-state index contributed by atoms with van der Waals surface area (Å²) in [5.41, 5.74) is 0.460. The zero-order valence-corrected chi connectivity index (χ0v) is 15.6. The van der Waals surface area contributed by atoms with Gasteiger partial charge in [0.1, 0.15) is 0 Å². The minimum atomic E-state index is -3.69. The quantitative estimate of drug-likeness (QED) is 0.868. The van der Waals surface area contributed by atoms with E-state index >= 15 is 0 Å². The molecule has 1 aromatic carbocycles. The number of carbonyl (C=O) groups excluding carboxylic acids is 2. The highest BCUT2D eigenvalue weighted by atomic mass is 35.5. The van der Waals surface area contributed by atoms with Crippen molar-refractivity contribution in [1.29, 1.82) is 0 Å². The Labute approximate surface area is 152 Å². The van der Waals surface area contributed by atoms with Crippen LogP contribution in [-0.4, -0.2) is 32.0 Å². The van der Waals surface area contributed by atoms with Crippen molar-refractivity contribution < 1.29 is 18.0 Å². The first-order chi connectivity index (χ1) is 11.8. The van der Waals surface area contributed by atoms with Crippen LogP contribution in [0.3, 0.4) is 0 Å². The largest absolute Gasteiger partial charge is 0.349 e. The van der Waals surface area contributed by atoms with E-state index < -0.39 is 21.8 Å². The van der Waals surface area contributed by atoms with Crippen molar-refractivity contribution in [3.05, 3.63) is 28.8 Å². The number of amides is 2. The predicted molar refractivity (Wildman–Crippen MR) is 96.2 cm³/mol. The fourth-order valence-electron chi connectivity index (χ4n) is 3.41. The second-order valence-electron chi connectivity index (χ2n) is 6.75. The van der Waals surface area contributed by atoms with Crippen molar-refractivity contribution in [2.75, 3.05) is 10.1 Å². The second kappa shape index (κ2) is 6.96. The Balaban J connectivity index is 1.81. The zero-order valence-electron chi connectivity index (χ0n) is 14.0. The number of carbonyl (C=O) groups is 2. The lowest BCUT2D eigenvalue weighted by atomic mass is 9.95. The molecule has 2 aliphatic rings. The molecule has 0 unspecified atom stereocenters. The highest BCUT2D eigenvalue weighted by molar-refractivity contribution is 7.94. The normalized spacial score (nSPS) is 23.7. The maximum Gasteiger partial charge on any atom is 0.253 e. The number of nitrogens with one attached hydrogen (secondary N) is 1. The average molecular weight is 385 g/mol. The summed E-state index contributed by atoms with van der Waals surface area (Å²) in [6.45, 7) is 1.58. The SMILES string of the molecule is C[C@@H]1CS(=O)(=O)N(c2ccc(C(=O)NC3CCCCC3)c(Cl)c2)C1=O. The summed E-state index contributed by atoms with van der Waals surface area (Å²) < 4.78 is 25.1. The van der Waals surface area contributed by atoms with Crippen LogP contribution in [-0.2, 0) is 14.8 Å². The molecule has 0 aromatic heterocycles. The molecule has 1 heterocycles. The van der Waals surface area contributed by atoms with Crippen LogP contribution in [0.5, 0.6) is 0 Å². The summed E-state index contributed by atoms with van der Waals surface area (Å²) in [6, 6.07) is 4.44. The van der Waals surface area contributed by atoms with E-state index in [0.717, 1.165) is 30.0 Å². The second-order valence-corrected chi connectivity index (χ2v) is 9.02. The zero-order chi connectivity index (χ0) is 18.2. The maximum absolute atomic E-state index is 12.4. The molecule has 6 nitrogen and oxygen atoms in total. The molecule has 0 radical (unpaired) electrons. The maximum atomic E-state index is 12.4. The van der Waals surface area contributed by atoms with E-state index in [4.69, 9.17) is 11.6 Å². The molecule has 1 aliphatic heterocycles. The highest BCUT2D eigenvalue weighted by Crippen LogP contribution is 2.31. The van der Waals surface area contributed by atoms with Crippen LogP contribution in [0.4, 0.5) is 5.69 Å². The Morgan fingerprint density at radius 1 is 1.24 bits per heavy atom. The molecule has 8 heteroatoms. The molecule has 2 fully saturated rings. The first-order valence-corrected chi connectivity index (χ1v) is 10.5. The third-order valence-electron chi connectivity index (χ3n) is 4.73. The standard InChI is InChI=1S/C17H21ClN2O4S/c1-11-10-25(23,24)20(17(11)22)13-7-8-14(15(18)9-13)16(21)19-12-5-3-2-4-6-12/h7-9,11-12H,2-6,10H2,1H3,(H,19,21)/t11-/m1/s1. The van der Waals surface area contributed by atoms with Crippen LogP contribution < -0.4 is 9.62 Å². The van der Waals surface area contributed by atoms with Gasteiger partial charge in [-0.2, -0.15) is 0 Å². The third kappa shape index (κ3) is 3.67. The van der Waals surface area contributed by atoms with E-state index in [1.54, 1.807) is 6.92 Å². The average Bonchev–Trinajstić information content (AvgIpc) is 2.75. The Hall–Kier alpha value is -1.60. The molecule has 2 amide bonds. The number of anilines is 1. The van der Waals surface area contributed by atoms with E-state index in [2.05, 4.69) is 5.32 Å². The summed E-state index contributed by atoms with van der Waals surface area (Å²) in [5, 5.41) is 3.11. The van der Waals surface area contributed by atoms with Crippen molar-refractivity contribution in [2.24, 2.45) is 5.92 Å². The van der Waals surface area contributed by atoms with Gasteiger partial charge >= 0.3 is 0 Å². The Morgan fingerprint density at radius 3 is 2.48 bits per heavy atom. The molecule has 1 aromatic rings. The number of rotatable bonds is 3. The van der Waals surface area contributed by atoms with Crippen molar-refractivity contribution in [3.63, 3.8) is 0 Å². The van der Waals surface area contributed by atoms with Gasteiger partial charge in [0.2, 0.25) is 15.9 Å². The summed E-state index contributed by atoms with van der Waals surface area (Å²) >= 11 is 6.20. The van der Waals surface area contributed by atoms with Gasteiger partial charge in [-0.05, 0) is 31.0 Å². The van der Waals surface area contributed by atoms with Gasteiger partial charge in [0.05, 0.1) is 27.9 Å². The topological polar surface area (TPSA) is 83.6 Å². The fourth-order valence-corrected chi connectivity index (χ4v) is 5.48. The van der Waals surface area contributed by atoms with Crippen LogP contribution in [0.2, 0.25) is 5.02 Å². The number of nitrogens with zero attached hydrogens (tertiary/aromatic N) is 1. The third-order valence-corrected chi connectivity index (χ3v) is 6.91. The first kappa shape index (κ1) is 18.2. The van der Waals surface area contributed by atoms with Gasteiger partial charge in [0.15, 0.2) is 0 Å². The number of sulfonamides is 1. The number of hydrogen-bond donors (Lipinski definition) is 1. The van der Waals surface area contributed by atoms with Crippen LogP contribution in [0, 0.1) is 5.92 Å². The summed E-state index contributed by atoms with van der Waals surface area (Å²) in [4.78, 5) is 24.6. The fraction of sp³-hybridized carbons (Fsp3) is 0.529. The number of benzene rings is 1. The van der Waals surface area contributed by atoms with Crippen molar-refractivity contribution >= 4 is 39.1 Å². The molecule has 1 atom stereocenters. The first-order valence-electron chi connectivity index (χ1n) is 8.47. The van der Waals surface area contributed by atoms with Crippen molar-refractivity contribution in [1.82, 2.24) is 5.32 Å². The van der Waals surface area contributed by atoms with Crippen molar-refractivity contribution in [2.45, 2.75) is 45.1 Å². The van der Waals surface area contributed by atoms with Crippen LogP contribution in [0.25, 0.3) is 0 Å². The molecule has 0 spiro atoms. The van der Waals surface area contributed by atoms with Crippen LogP contribution >= 0.6 is 11.6 Å². The highest BCUT2D eigenvalue weighted by Gasteiger charge is 2.42. The minimum absolute atomic E-state index is 0.133. The molecular weight excluding hydrogens is 364 g/mol. The number of halogens is 1. The molecular formula is C17H21ClN2O4S. The Morgan fingerprint density at radius 2 is 1.92 bits per heavy atom. The molecule has 1 N–H and O–H groups in total. The van der Waals surface area contributed by atoms with Gasteiger partial charge in [-0.1, -0.05) is 37.8 Å². The van der Waals surface area contributed by atoms with Gasteiger partial charge in [0.25, 0.3) is 5.91 Å². The van der Waals surface area contributed by atoms with E-state index in [9.17, 15) is 18.0 Å². The van der Waals surface area contributed by atoms with E-state index in [1.807, 2.05) is 0 Å². The summed E-state index contributed by atoms with van der Waals surface area (Å²) in [5.74, 6) is -1.55. The summed E-state index contributed by atoms with van der Waals surface area (Å²) in [7, 11) is -3.69. The monoisotopic (exact) mass is 384 g/mol. The Kier molecular flexibility index (Phi) is 5.06. The minimum Gasteiger partial charge on any atom is -0.349 e. The molecule has 3 rings (SSSR count). The Bertz CT molecular complexity index is 803. The molecule has 1 saturated heterocycles. The lowest BCUT2D eigenvalue weighted by Crippen LogP contribution is -2.36. The summed E-state index contributed by atoms with van der Waals surface area (Å²) in [6.07, 6.45) is 5.31. The number of hydrogen-bond acceptors (Lipinski definition) is 4. The van der Waals surface area contributed by atoms with Gasteiger partial charge in [-0.15, -0.1) is 0 Å².